The predicted molar refractivity (Wildman–Crippen MR) is 43.0 cm³/mol. The van der Waals surface area contributed by atoms with Crippen molar-refractivity contribution in [1.29, 1.82) is 0 Å². The normalized spacial score (nSPS) is 11.5. The Morgan fingerprint density at radius 3 is 2.42 bits per heavy atom. The molecule has 1 aromatic rings. The second-order valence-electron chi connectivity index (χ2n) is 2.32. The van der Waals surface area contributed by atoms with Crippen molar-refractivity contribution >= 4 is 9.84 Å². The van der Waals surface area contributed by atoms with E-state index in [0.29, 0.717) is 5.69 Å². The van der Waals surface area contributed by atoms with Crippen LogP contribution in [0.5, 0.6) is 0 Å². The van der Waals surface area contributed by atoms with E-state index in [-0.39, 0.29) is 11.6 Å². The van der Waals surface area contributed by atoms with Gasteiger partial charge in [0.05, 0.1) is 18.1 Å². The van der Waals surface area contributed by atoms with Crippen LogP contribution in [0.1, 0.15) is 5.69 Å². The van der Waals surface area contributed by atoms with Crippen LogP contribution in [-0.4, -0.2) is 24.6 Å². The molecule has 0 unspecified atom stereocenters. The van der Waals surface area contributed by atoms with Gasteiger partial charge in [0.15, 0.2) is 14.9 Å². The van der Waals surface area contributed by atoms with E-state index in [4.69, 9.17) is 5.73 Å². The highest BCUT2D eigenvalue weighted by Crippen LogP contribution is 2.01. The van der Waals surface area contributed by atoms with Crippen LogP contribution in [0.25, 0.3) is 0 Å². The van der Waals surface area contributed by atoms with E-state index in [2.05, 4.69) is 9.97 Å². The predicted octanol–water partition coefficient (Wildman–Crippen LogP) is -0.661. The summed E-state index contributed by atoms with van der Waals surface area (Å²) >= 11 is 0. The Morgan fingerprint density at radius 1 is 1.42 bits per heavy atom. The average Bonchev–Trinajstić information content (AvgIpc) is 2.03. The van der Waals surface area contributed by atoms with Crippen LogP contribution < -0.4 is 5.73 Å². The lowest BCUT2D eigenvalue weighted by atomic mass is 10.5. The van der Waals surface area contributed by atoms with Crippen molar-refractivity contribution < 1.29 is 8.42 Å². The quantitative estimate of drug-likeness (QED) is 0.664. The summed E-state index contributed by atoms with van der Waals surface area (Å²) < 4.78 is 21.8. The van der Waals surface area contributed by atoms with Gasteiger partial charge >= 0.3 is 0 Å². The van der Waals surface area contributed by atoms with Gasteiger partial charge < -0.3 is 5.73 Å². The van der Waals surface area contributed by atoms with Crippen molar-refractivity contribution in [3.05, 3.63) is 18.1 Å². The van der Waals surface area contributed by atoms with Crippen LogP contribution >= 0.6 is 0 Å². The van der Waals surface area contributed by atoms with Gasteiger partial charge in [-0.25, -0.2) is 13.4 Å². The number of nitrogens with two attached hydrogens (primary N) is 1. The van der Waals surface area contributed by atoms with Gasteiger partial charge in [0.1, 0.15) is 0 Å². The third-order valence-electron chi connectivity index (χ3n) is 1.27. The van der Waals surface area contributed by atoms with E-state index in [9.17, 15) is 8.42 Å². The second-order valence-corrected chi connectivity index (χ2v) is 4.28. The first-order valence-corrected chi connectivity index (χ1v) is 5.14. The highest BCUT2D eigenvalue weighted by molar-refractivity contribution is 7.90. The first-order chi connectivity index (χ1) is 5.54. The fraction of sp³-hybridized carbons (Fsp3) is 0.333. The van der Waals surface area contributed by atoms with Crippen LogP contribution in [0.3, 0.4) is 0 Å². The molecule has 66 valence electrons. The zero-order chi connectivity index (χ0) is 9.19. The third kappa shape index (κ3) is 1.99. The largest absolute Gasteiger partial charge is 0.325 e. The maximum Gasteiger partial charge on any atom is 0.194 e. The van der Waals surface area contributed by atoms with Gasteiger partial charge in [-0.15, -0.1) is 0 Å². The van der Waals surface area contributed by atoms with Gasteiger partial charge in [-0.3, -0.25) is 4.98 Å². The SMILES string of the molecule is CS(=O)(=O)c1cnc(CN)cn1. The van der Waals surface area contributed by atoms with Crippen molar-refractivity contribution in [2.24, 2.45) is 5.73 Å². The van der Waals surface area contributed by atoms with Gasteiger partial charge in [-0.05, 0) is 0 Å². The molecule has 5 nitrogen and oxygen atoms in total. The smallest absolute Gasteiger partial charge is 0.194 e. The molecule has 2 N–H and O–H groups in total. The average molecular weight is 187 g/mol. The molecule has 0 aliphatic rings. The lowest BCUT2D eigenvalue weighted by Crippen LogP contribution is -2.05. The van der Waals surface area contributed by atoms with Crippen LogP contribution in [0.4, 0.5) is 0 Å². The molecule has 0 bridgehead atoms. The van der Waals surface area contributed by atoms with Crippen molar-refractivity contribution in [2.75, 3.05) is 6.26 Å². The van der Waals surface area contributed by atoms with Gasteiger partial charge in [0, 0.05) is 12.8 Å². The van der Waals surface area contributed by atoms with Crippen LogP contribution in [-0.2, 0) is 16.4 Å². The van der Waals surface area contributed by atoms with Crippen LogP contribution in [0.15, 0.2) is 17.4 Å². The second kappa shape index (κ2) is 3.16. The lowest BCUT2D eigenvalue weighted by molar-refractivity contribution is 0.597. The Kier molecular flexibility index (Phi) is 2.39. The van der Waals surface area contributed by atoms with Crippen LogP contribution in [0, 0.1) is 0 Å². The molecule has 0 saturated heterocycles. The highest BCUT2D eigenvalue weighted by Gasteiger charge is 2.07. The molecule has 0 fully saturated rings. The Labute approximate surface area is 70.6 Å². The summed E-state index contributed by atoms with van der Waals surface area (Å²) in [5.41, 5.74) is 5.83. The molecule has 1 heterocycles. The van der Waals surface area contributed by atoms with E-state index >= 15 is 0 Å². The van der Waals surface area contributed by atoms with Gasteiger partial charge in [-0.1, -0.05) is 0 Å². The van der Waals surface area contributed by atoms with Crippen molar-refractivity contribution in [2.45, 2.75) is 11.6 Å². The minimum Gasteiger partial charge on any atom is -0.325 e. The van der Waals surface area contributed by atoms with E-state index in [1.54, 1.807) is 0 Å². The fourth-order valence-electron chi connectivity index (χ4n) is 0.640. The van der Waals surface area contributed by atoms with E-state index in [1.165, 1.54) is 12.4 Å². The molecule has 1 aromatic heterocycles. The number of nitrogens with zero attached hydrogens (tertiary/aromatic N) is 2. The van der Waals surface area contributed by atoms with Gasteiger partial charge in [-0.2, -0.15) is 0 Å². The number of rotatable bonds is 2. The topological polar surface area (TPSA) is 85.9 Å². The molecular weight excluding hydrogens is 178 g/mol. The molecule has 6 heteroatoms. The Balaban J connectivity index is 3.09. The molecule has 0 aliphatic heterocycles. The summed E-state index contributed by atoms with van der Waals surface area (Å²) in [5, 5.41) is -0.0281. The van der Waals surface area contributed by atoms with E-state index in [0.717, 1.165) is 6.26 Å². The third-order valence-corrected chi connectivity index (χ3v) is 2.24. The molecule has 0 aliphatic carbocycles. The van der Waals surface area contributed by atoms with E-state index < -0.39 is 9.84 Å². The first-order valence-electron chi connectivity index (χ1n) is 3.25. The molecule has 12 heavy (non-hydrogen) atoms. The van der Waals surface area contributed by atoms with Gasteiger partial charge in [0.2, 0.25) is 0 Å². The van der Waals surface area contributed by atoms with Crippen LogP contribution in [0.2, 0.25) is 0 Å². The first kappa shape index (κ1) is 9.08. The zero-order valence-electron chi connectivity index (χ0n) is 6.56. The summed E-state index contributed by atoms with van der Waals surface area (Å²) in [4.78, 5) is 7.49. The minimum atomic E-state index is -3.24. The van der Waals surface area contributed by atoms with Crippen molar-refractivity contribution in [1.82, 2.24) is 9.97 Å². The molecule has 0 saturated carbocycles. The summed E-state index contributed by atoms with van der Waals surface area (Å²) in [6, 6.07) is 0. The molecular formula is C6H9N3O2S. The highest BCUT2D eigenvalue weighted by atomic mass is 32.2. The molecule has 0 radical (unpaired) electrons. The number of hydrogen-bond donors (Lipinski definition) is 1. The summed E-state index contributed by atoms with van der Waals surface area (Å²) in [6.45, 7) is 0.261. The summed E-state index contributed by atoms with van der Waals surface area (Å²) in [6.07, 6.45) is 3.65. The number of aromatic nitrogens is 2. The molecule has 0 spiro atoms. The molecule has 1 rings (SSSR count). The Morgan fingerprint density at radius 2 is 2.08 bits per heavy atom. The fourth-order valence-corrected chi connectivity index (χ4v) is 1.13. The zero-order valence-corrected chi connectivity index (χ0v) is 7.37. The Bertz CT molecular complexity index is 357. The van der Waals surface area contributed by atoms with Crippen molar-refractivity contribution in [3.8, 4) is 0 Å². The number of hydrogen-bond acceptors (Lipinski definition) is 5. The number of sulfone groups is 1. The standard InChI is InChI=1S/C6H9N3O2S/c1-12(10,11)6-4-8-5(2-7)3-9-6/h3-4H,2,7H2,1H3. The Hall–Kier alpha value is -1.01. The molecule has 0 amide bonds. The van der Waals surface area contributed by atoms with Gasteiger partial charge in [0.25, 0.3) is 0 Å². The lowest BCUT2D eigenvalue weighted by Gasteiger charge is -1.97. The maximum absolute atomic E-state index is 10.9. The maximum atomic E-state index is 10.9. The molecule has 0 aromatic carbocycles. The summed E-state index contributed by atoms with van der Waals surface area (Å²) in [5.74, 6) is 0. The minimum absolute atomic E-state index is 0.0281. The van der Waals surface area contributed by atoms with E-state index in [1.807, 2.05) is 0 Å². The summed E-state index contributed by atoms with van der Waals surface area (Å²) in [7, 11) is -3.24. The monoisotopic (exact) mass is 187 g/mol. The molecule has 0 atom stereocenters. The van der Waals surface area contributed by atoms with Crippen molar-refractivity contribution in [3.63, 3.8) is 0 Å².